The minimum Gasteiger partial charge on any atom is -0.436 e. The van der Waals surface area contributed by atoms with Crippen molar-refractivity contribution in [2.24, 2.45) is 0 Å². The van der Waals surface area contributed by atoms with E-state index >= 15 is 0 Å². The summed E-state index contributed by atoms with van der Waals surface area (Å²) in [7, 11) is 0. The molecule has 0 heterocycles. The Morgan fingerprint density at radius 3 is 1.14 bits per heavy atom. The first kappa shape index (κ1) is 22.0. The third-order valence-electron chi connectivity index (χ3n) is 2.07. The first-order valence-electron chi connectivity index (χ1n) is 4.92. The molecule has 0 amide bonds. The molecule has 0 bridgehead atoms. The normalized spacial score (nSPS) is 11.0. The summed E-state index contributed by atoms with van der Waals surface area (Å²) >= 11 is 25.4. The van der Waals surface area contributed by atoms with Crippen LogP contribution in [0.15, 0.2) is 17.9 Å². The van der Waals surface area contributed by atoms with E-state index in [1.54, 1.807) is 0 Å². The van der Waals surface area contributed by atoms with E-state index in [0.29, 0.717) is 17.9 Å². The van der Waals surface area contributed by atoms with Gasteiger partial charge in [0.05, 0.1) is 11.1 Å². The van der Waals surface area contributed by atoms with Crippen LogP contribution in [-0.4, -0.2) is 19.8 Å². The van der Waals surface area contributed by atoms with Crippen LogP contribution >= 0.6 is 127 Å². The van der Waals surface area contributed by atoms with Gasteiger partial charge in [0.1, 0.15) is 0 Å². The largest absolute Gasteiger partial charge is 0.436 e. The smallest absolute Gasteiger partial charge is 0.342 e. The molecule has 122 valence electrons. The summed E-state index contributed by atoms with van der Waals surface area (Å²) in [4.78, 5) is 24.6. The van der Waals surface area contributed by atoms with Crippen molar-refractivity contribution in [2.45, 2.75) is 7.85 Å². The predicted octanol–water partition coefficient (Wildman–Crippen LogP) is 7.20. The third-order valence-corrected chi connectivity index (χ3v) is 7.58. The Kier molecular flexibility index (Phi) is 9.65. The van der Waals surface area contributed by atoms with Gasteiger partial charge < -0.3 is 9.47 Å². The summed E-state index contributed by atoms with van der Waals surface area (Å²) in [5, 5.41) is 0. The van der Waals surface area contributed by atoms with Gasteiger partial charge in [0.15, 0.2) is 0 Å². The summed E-state index contributed by atoms with van der Waals surface area (Å²) in [5.74, 6) is -1.46. The van der Waals surface area contributed by atoms with Gasteiger partial charge in [-0.2, -0.15) is 0 Å². The molecule has 1 aromatic rings. The number of alkyl halides is 4. The van der Waals surface area contributed by atoms with Crippen molar-refractivity contribution in [3.05, 3.63) is 29.0 Å². The molecule has 0 unspecified atom stereocenters. The minimum atomic E-state index is -0.729. The van der Waals surface area contributed by atoms with Crippen molar-refractivity contribution in [3.63, 3.8) is 0 Å². The zero-order valence-corrected chi connectivity index (χ0v) is 22.5. The Hall–Kier alpha value is 2.00. The molecular formula is C10H2Br8O4. The zero-order valence-electron chi connectivity index (χ0n) is 9.81. The number of halogens is 8. The number of benzene rings is 1. The monoisotopic (exact) mass is 817 g/mol. The van der Waals surface area contributed by atoms with Crippen LogP contribution in [0.1, 0.15) is 20.7 Å². The molecule has 0 aliphatic rings. The molecule has 0 aliphatic carbocycles. The molecular weight excluding hydrogens is 823 g/mol. The molecule has 0 aromatic heterocycles. The average Bonchev–Trinajstić information content (AvgIpc) is 2.38. The lowest BCUT2D eigenvalue weighted by Crippen LogP contribution is -2.18. The van der Waals surface area contributed by atoms with Crippen molar-refractivity contribution in [1.82, 2.24) is 0 Å². The second-order valence-electron chi connectivity index (χ2n) is 3.34. The van der Waals surface area contributed by atoms with Gasteiger partial charge in [-0.25, -0.2) is 9.59 Å². The number of hydrogen-bond acceptors (Lipinski definition) is 4. The lowest BCUT2D eigenvalue weighted by Gasteiger charge is -2.16. The zero-order chi connectivity index (χ0) is 17.2. The number of rotatable bonds is 4. The Labute approximate surface area is 192 Å². The van der Waals surface area contributed by atoms with E-state index in [-0.39, 0.29) is 11.1 Å². The van der Waals surface area contributed by atoms with Crippen molar-refractivity contribution in [3.8, 4) is 0 Å². The topological polar surface area (TPSA) is 52.6 Å². The van der Waals surface area contributed by atoms with E-state index in [1.807, 2.05) is 0 Å². The number of ether oxygens (including phenoxy) is 2. The fraction of sp³-hybridized carbons (Fsp3) is 0.200. The van der Waals surface area contributed by atoms with Crippen LogP contribution < -0.4 is 0 Å². The van der Waals surface area contributed by atoms with Gasteiger partial charge in [-0.3, -0.25) is 0 Å². The number of carbonyl (C=O) groups is 2. The van der Waals surface area contributed by atoms with Crippen LogP contribution in [0.3, 0.4) is 0 Å². The maximum atomic E-state index is 12.3. The molecule has 0 spiro atoms. The Balaban J connectivity index is 3.58. The van der Waals surface area contributed by atoms with Crippen LogP contribution in [0.25, 0.3) is 0 Å². The summed E-state index contributed by atoms with van der Waals surface area (Å²) in [5.41, 5.74) is 0.0213. The Morgan fingerprint density at radius 2 is 0.909 bits per heavy atom. The van der Waals surface area contributed by atoms with Crippen molar-refractivity contribution in [2.75, 3.05) is 0 Å². The highest BCUT2D eigenvalue weighted by atomic mass is 79.9. The van der Waals surface area contributed by atoms with Crippen LogP contribution in [0, 0.1) is 0 Å². The number of carbonyl (C=O) groups excluding carboxylic acids is 2. The van der Waals surface area contributed by atoms with E-state index in [1.165, 1.54) is 0 Å². The molecule has 22 heavy (non-hydrogen) atoms. The molecule has 12 heteroatoms. The predicted molar refractivity (Wildman–Crippen MR) is 111 cm³/mol. The molecule has 0 N–H and O–H groups in total. The summed E-state index contributed by atoms with van der Waals surface area (Å²) in [6.07, 6.45) is 0. The van der Waals surface area contributed by atoms with Crippen LogP contribution in [-0.2, 0) is 9.47 Å². The summed E-state index contributed by atoms with van der Waals surface area (Å²) in [6.45, 7) is 0. The van der Waals surface area contributed by atoms with Gasteiger partial charge in [-0.05, 0) is 127 Å². The maximum absolute atomic E-state index is 12.3. The first-order chi connectivity index (χ1) is 10.1. The first-order valence-corrected chi connectivity index (χ1v) is 11.8. The minimum absolute atomic E-state index is 0.0106. The van der Waals surface area contributed by atoms with Crippen LogP contribution in [0.5, 0.6) is 0 Å². The molecule has 0 saturated carbocycles. The van der Waals surface area contributed by atoms with E-state index < -0.39 is 19.8 Å². The van der Waals surface area contributed by atoms with E-state index in [0.717, 1.165) is 0 Å². The standard InChI is InChI=1S/C10H2Br8O4/c11-3-1(7(19)21-9(15)16)2(8(20)22-10(17)18)4(12)6(14)5(3)13/h9-10H. The van der Waals surface area contributed by atoms with Gasteiger partial charge in [0.2, 0.25) is 7.85 Å². The molecule has 0 atom stereocenters. The van der Waals surface area contributed by atoms with Gasteiger partial charge in [-0.15, -0.1) is 0 Å². The van der Waals surface area contributed by atoms with Crippen molar-refractivity contribution >= 4 is 139 Å². The summed E-state index contributed by atoms with van der Waals surface area (Å²) in [6, 6.07) is 0. The van der Waals surface area contributed by atoms with Crippen molar-refractivity contribution in [1.29, 1.82) is 0 Å². The highest BCUT2D eigenvalue weighted by molar-refractivity contribution is 9.24. The van der Waals surface area contributed by atoms with Gasteiger partial charge in [0, 0.05) is 17.9 Å². The molecule has 0 aliphatic heterocycles. The lowest BCUT2D eigenvalue weighted by molar-refractivity contribution is 0.0512. The maximum Gasteiger partial charge on any atom is 0.342 e. The highest BCUT2D eigenvalue weighted by Crippen LogP contribution is 2.43. The van der Waals surface area contributed by atoms with Gasteiger partial charge >= 0.3 is 11.9 Å². The molecule has 0 radical (unpaired) electrons. The third kappa shape index (κ3) is 5.50. The second-order valence-corrected chi connectivity index (χ2v) is 12.3. The fourth-order valence-corrected chi connectivity index (χ4v) is 4.42. The van der Waals surface area contributed by atoms with E-state index in [4.69, 9.17) is 9.47 Å². The van der Waals surface area contributed by atoms with E-state index in [2.05, 4.69) is 127 Å². The van der Waals surface area contributed by atoms with Gasteiger partial charge in [0.25, 0.3) is 0 Å². The van der Waals surface area contributed by atoms with Crippen LogP contribution in [0.4, 0.5) is 0 Å². The molecule has 0 fully saturated rings. The average molecular weight is 825 g/mol. The fourth-order valence-electron chi connectivity index (χ4n) is 1.29. The SMILES string of the molecule is O=C(OC(Br)Br)c1c(Br)c(Br)c(Br)c(Br)c1C(=O)OC(Br)Br. The second kappa shape index (κ2) is 9.63. The van der Waals surface area contributed by atoms with E-state index in [9.17, 15) is 9.59 Å². The number of esters is 2. The lowest BCUT2D eigenvalue weighted by atomic mass is 10.1. The Bertz CT molecular complexity index is 563. The molecule has 1 rings (SSSR count). The summed E-state index contributed by atoms with van der Waals surface area (Å²) < 4.78 is 10.4. The molecule has 4 nitrogen and oxygen atoms in total. The van der Waals surface area contributed by atoms with Crippen molar-refractivity contribution < 1.29 is 19.1 Å². The molecule has 0 saturated heterocycles. The van der Waals surface area contributed by atoms with Gasteiger partial charge in [-0.1, -0.05) is 0 Å². The van der Waals surface area contributed by atoms with Crippen LogP contribution in [0.2, 0.25) is 0 Å². The quantitative estimate of drug-likeness (QED) is 0.140. The number of hydrogen-bond donors (Lipinski definition) is 0. The molecule has 1 aromatic carbocycles. The highest BCUT2D eigenvalue weighted by Gasteiger charge is 2.31. The Morgan fingerprint density at radius 1 is 0.636 bits per heavy atom.